The number of aromatic nitrogens is 4. The standard InChI is InChI=1S/C11H14BrN5O/c1-8-4-10(17-11(15-8)13-7-14-17)16-2-3-18-6-9(16)5-12/h4,7,9H,2-3,5-6H2,1H3. The molecule has 2 aromatic rings. The molecule has 1 atom stereocenters. The van der Waals surface area contributed by atoms with Crippen LogP contribution in [0.5, 0.6) is 0 Å². The van der Waals surface area contributed by atoms with E-state index in [4.69, 9.17) is 4.74 Å². The van der Waals surface area contributed by atoms with Crippen molar-refractivity contribution in [2.24, 2.45) is 0 Å². The van der Waals surface area contributed by atoms with Gasteiger partial charge in [0.2, 0.25) is 0 Å². The van der Waals surface area contributed by atoms with Crippen LogP contribution in [0.15, 0.2) is 12.4 Å². The van der Waals surface area contributed by atoms with Crippen LogP contribution in [0.1, 0.15) is 5.69 Å². The summed E-state index contributed by atoms with van der Waals surface area (Å²) in [5.41, 5.74) is 0.949. The second-order valence-electron chi connectivity index (χ2n) is 4.30. The second kappa shape index (κ2) is 4.81. The van der Waals surface area contributed by atoms with Crippen LogP contribution in [-0.4, -0.2) is 50.7 Å². The summed E-state index contributed by atoms with van der Waals surface area (Å²) < 4.78 is 7.30. The highest BCUT2D eigenvalue weighted by Crippen LogP contribution is 2.21. The van der Waals surface area contributed by atoms with Gasteiger partial charge < -0.3 is 9.64 Å². The topological polar surface area (TPSA) is 55.6 Å². The van der Waals surface area contributed by atoms with Crippen molar-refractivity contribution in [2.45, 2.75) is 13.0 Å². The van der Waals surface area contributed by atoms with Gasteiger partial charge in [0.25, 0.3) is 5.78 Å². The molecule has 1 aliphatic rings. The third-order valence-electron chi connectivity index (χ3n) is 3.06. The van der Waals surface area contributed by atoms with Crippen LogP contribution in [0.4, 0.5) is 5.82 Å². The molecule has 0 N–H and O–H groups in total. The van der Waals surface area contributed by atoms with Gasteiger partial charge in [0.05, 0.1) is 19.3 Å². The Morgan fingerprint density at radius 1 is 1.56 bits per heavy atom. The van der Waals surface area contributed by atoms with E-state index in [0.717, 1.165) is 36.6 Å². The molecule has 18 heavy (non-hydrogen) atoms. The molecule has 1 unspecified atom stereocenters. The average Bonchev–Trinajstić information content (AvgIpc) is 2.85. The number of halogens is 1. The highest BCUT2D eigenvalue weighted by Gasteiger charge is 2.25. The fraction of sp³-hybridized carbons (Fsp3) is 0.545. The van der Waals surface area contributed by atoms with Gasteiger partial charge in [0.15, 0.2) is 0 Å². The molecule has 2 aromatic heterocycles. The lowest BCUT2D eigenvalue weighted by atomic mass is 10.2. The lowest BCUT2D eigenvalue weighted by Crippen LogP contribution is -2.47. The normalized spacial score (nSPS) is 20.6. The minimum atomic E-state index is 0.313. The molecule has 0 aromatic carbocycles. The van der Waals surface area contributed by atoms with Gasteiger partial charge in [-0.05, 0) is 6.92 Å². The predicted molar refractivity (Wildman–Crippen MR) is 71.3 cm³/mol. The van der Waals surface area contributed by atoms with E-state index >= 15 is 0 Å². The summed E-state index contributed by atoms with van der Waals surface area (Å²) in [7, 11) is 0. The number of rotatable bonds is 2. The number of hydrogen-bond donors (Lipinski definition) is 0. The maximum Gasteiger partial charge on any atom is 0.254 e. The van der Waals surface area contributed by atoms with Gasteiger partial charge >= 0.3 is 0 Å². The molecule has 1 aliphatic heterocycles. The zero-order valence-electron chi connectivity index (χ0n) is 10.1. The Kier molecular flexibility index (Phi) is 3.17. The Bertz CT molecular complexity index is 557. The zero-order chi connectivity index (χ0) is 12.5. The molecule has 0 amide bonds. The molecular weight excluding hydrogens is 298 g/mol. The van der Waals surface area contributed by atoms with Crippen molar-refractivity contribution in [1.29, 1.82) is 0 Å². The Morgan fingerprint density at radius 2 is 2.44 bits per heavy atom. The summed E-state index contributed by atoms with van der Waals surface area (Å²) in [4.78, 5) is 10.8. The highest BCUT2D eigenvalue weighted by atomic mass is 79.9. The SMILES string of the molecule is Cc1cc(N2CCOCC2CBr)n2ncnc2n1. The van der Waals surface area contributed by atoms with E-state index in [-0.39, 0.29) is 0 Å². The molecule has 1 fully saturated rings. The first-order valence-corrected chi connectivity index (χ1v) is 6.99. The number of aryl methyl sites for hydroxylation is 1. The van der Waals surface area contributed by atoms with E-state index in [1.807, 2.05) is 13.0 Å². The summed E-state index contributed by atoms with van der Waals surface area (Å²) in [6.45, 7) is 4.29. The molecule has 1 saturated heterocycles. The van der Waals surface area contributed by atoms with Crippen molar-refractivity contribution in [3.05, 3.63) is 18.1 Å². The molecule has 0 saturated carbocycles. The molecule has 96 valence electrons. The number of hydrogen-bond acceptors (Lipinski definition) is 5. The highest BCUT2D eigenvalue weighted by molar-refractivity contribution is 9.09. The molecule has 3 heterocycles. The maximum absolute atomic E-state index is 5.52. The maximum atomic E-state index is 5.52. The quantitative estimate of drug-likeness (QED) is 0.776. The van der Waals surface area contributed by atoms with Crippen LogP contribution in [0.25, 0.3) is 5.78 Å². The van der Waals surface area contributed by atoms with Crippen LogP contribution >= 0.6 is 15.9 Å². The average molecular weight is 312 g/mol. The van der Waals surface area contributed by atoms with Crippen molar-refractivity contribution in [2.75, 3.05) is 30.0 Å². The molecule has 0 aliphatic carbocycles. The predicted octanol–water partition coefficient (Wildman–Crippen LogP) is 1.03. The zero-order valence-corrected chi connectivity index (χ0v) is 11.7. The third kappa shape index (κ3) is 1.97. The molecule has 7 heteroatoms. The number of nitrogens with zero attached hydrogens (tertiary/aromatic N) is 5. The van der Waals surface area contributed by atoms with E-state index in [1.165, 1.54) is 6.33 Å². The van der Waals surface area contributed by atoms with Gasteiger partial charge in [-0.15, -0.1) is 0 Å². The van der Waals surface area contributed by atoms with Crippen molar-refractivity contribution >= 4 is 27.5 Å². The molecule has 0 spiro atoms. The minimum absolute atomic E-state index is 0.313. The van der Waals surface area contributed by atoms with E-state index in [2.05, 4.69) is 35.9 Å². The van der Waals surface area contributed by atoms with E-state index in [9.17, 15) is 0 Å². The summed E-state index contributed by atoms with van der Waals surface area (Å²) in [6, 6.07) is 2.36. The van der Waals surface area contributed by atoms with Crippen molar-refractivity contribution < 1.29 is 4.74 Å². The molecular formula is C11H14BrN5O. The van der Waals surface area contributed by atoms with Crippen LogP contribution < -0.4 is 4.90 Å². The van der Waals surface area contributed by atoms with Gasteiger partial charge in [-0.2, -0.15) is 14.6 Å². The number of alkyl halides is 1. The Labute approximate surface area is 113 Å². The fourth-order valence-corrected chi connectivity index (χ4v) is 2.74. The van der Waals surface area contributed by atoms with Crippen LogP contribution in [0.3, 0.4) is 0 Å². The van der Waals surface area contributed by atoms with Gasteiger partial charge in [0.1, 0.15) is 12.1 Å². The van der Waals surface area contributed by atoms with Gasteiger partial charge in [-0.1, -0.05) is 15.9 Å². The smallest absolute Gasteiger partial charge is 0.254 e. The minimum Gasteiger partial charge on any atom is -0.377 e. The Balaban J connectivity index is 2.08. The lowest BCUT2D eigenvalue weighted by Gasteiger charge is -2.36. The first-order chi connectivity index (χ1) is 8.79. The van der Waals surface area contributed by atoms with Crippen LogP contribution in [-0.2, 0) is 4.74 Å². The first-order valence-electron chi connectivity index (χ1n) is 5.87. The summed E-state index contributed by atoms with van der Waals surface area (Å²) in [5.74, 6) is 1.67. The van der Waals surface area contributed by atoms with E-state index < -0.39 is 0 Å². The number of anilines is 1. The summed E-state index contributed by atoms with van der Waals surface area (Å²) >= 11 is 3.54. The van der Waals surface area contributed by atoms with Crippen molar-refractivity contribution in [3.63, 3.8) is 0 Å². The van der Waals surface area contributed by atoms with Gasteiger partial charge in [0, 0.05) is 23.6 Å². The Morgan fingerprint density at radius 3 is 3.28 bits per heavy atom. The fourth-order valence-electron chi connectivity index (χ4n) is 2.20. The number of fused-ring (bicyclic) bond motifs is 1. The molecule has 3 rings (SSSR count). The summed E-state index contributed by atoms with van der Waals surface area (Å²) in [5, 5.41) is 5.11. The van der Waals surface area contributed by atoms with E-state index in [0.29, 0.717) is 11.8 Å². The van der Waals surface area contributed by atoms with E-state index in [1.54, 1.807) is 4.52 Å². The molecule has 0 bridgehead atoms. The third-order valence-corrected chi connectivity index (χ3v) is 3.81. The lowest BCUT2D eigenvalue weighted by molar-refractivity contribution is 0.0998. The number of morpholine rings is 1. The largest absolute Gasteiger partial charge is 0.377 e. The number of ether oxygens (including phenoxy) is 1. The van der Waals surface area contributed by atoms with Crippen molar-refractivity contribution in [3.8, 4) is 0 Å². The van der Waals surface area contributed by atoms with Crippen LogP contribution in [0.2, 0.25) is 0 Å². The van der Waals surface area contributed by atoms with Gasteiger partial charge in [-0.3, -0.25) is 0 Å². The second-order valence-corrected chi connectivity index (χ2v) is 4.95. The summed E-state index contributed by atoms with van der Waals surface area (Å²) in [6.07, 6.45) is 1.54. The molecule has 0 radical (unpaired) electrons. The first kappa shape index (κ1) is 11.9. The van der Waals surface area contributed by atoms with Gasteiger partial charge in [-0.25, -0.2) is 4.98 Å². The monoisotopic (exact) mass is 311 g/mol. The van der Waals surface area contributed by atoms with Crippen molar-refractivity contribution in [1.82, 2.24) is 19.6 Å². The Hall–Kier alpha value is -1.21. The molecule has 6 nitrogen and oxygen atoms in total. The van der Waals surface area contributed by atoms with Crippen LogP contribution in [0, 0.1) is 6.92 Å².